The Balaban J connectivity index is 0.00000147. The topological polar surface area (TPSA) is 221 Å². The molecular formula is C48H88N6O12. The van der Waals surface area contributed by atoms with Gasteiger partial charge in [-0.3, -0.25) is 19.3 Å². The molecule has 5 N–H and O–H groups in total. The summed E-state index contributed by atoms with van der Waals surface area (Å²) in [5.41, 5.74) is 0.801. The van der Waals surface area contributed by atoms with Crippen molar-refractivity contribution in [3.8, 4) is 0 Å². The predicted molar refractivity (Wildman–Crippen MR) is 256 cm³/mol. The minimum atomic E-state index is -1.12. The van der Waals surface area contributed by atoms with Crippen molar-refractivity contribution in [1.82, 2.24) is 25.3 Å². The molecule has 1 saturated heterocycles. The number of nitrogens with one attached hydrogen (secondary N) is 2. The normalized spacial score (nSPS) is 16.7. The lowest BCUT2D eigenvalue weighted by Crippen LogP contribution is -2.54. The smallest absolute Gasteiger partial charge is 0.326 e. The maximum absolute atomic E-state index is 13.7. The quantitative estimate of drug-likeness (QED) is 0.0462. The number of carboxylic acids is 1. The summed E-state index contributed by atoms with van der Waals surface area (Å²) >= 11 is 0. The summed E-state index contributed by atoms with van der Waals surface area (Å²) in [5, 5.41) is 15.3. The number of methoxy groups -OCH3 is 2. The zero-order valence-corrected chi connectivity index (χ0v) is 42.3. The number of nitrogens with two attached hydrogens (primary N) is 1. The molecule has 8 unspecified atom stereocenters. The highest BCUT2D eigenvalue weighted by Crippen LogP contribution is 2.29. The summed E-state index contributed by atoms with van der Waals surface area (Å²) in [5.74, 6) is 2.77. The van der Waals surface area contributed by atoms with Crippen molar-refractivity contribution in [3.63, 3.8) is 0 Å². The van der Waals surface area contributed by atoms with E-state index in [9.17, 15) is 29.1 Å². The molecule has 1 aromatic carbocycles. The van der Waals surface area contributed by atoms with Gasteiger partial charge in [0.2, 0.25) is 17.7 Å². The van der Waals surface area contributed by atoms with E-state index in [1.807, 2.05) is 70.0 Å². The van der Waals surface area contributed by atoms with E-state index < -0.39 is 36.0 Å². The summed E-state index contributed by atoms with van der Waals surface area (Å²) in [7, 11) is 8.46. The fraction of sp³-hybridized carbons (Fsp3) is 0.771. The number of rotatable bonds is 32. The Morgan fingerprint density at radius 1 is 0.909 bits per heavy atom. The molecule has 0 spiro atoms. The van der Waals surface area contributed by atoms with Gasteiger partial charge in [-0.2, -0.15) is 0 Å². The van der Waals surface area contributed by atoms with Gasteiger partial charge < -0.3 is 58.9 Å². The Hall–Kier alpha value is -3.59. The number of carbonyl (C=O) groups is 5. The lowest BCUT2D eigenvalue weighted by Gasteiger charge is -2.39. The van der Waals surface area contributed by atoms with E-state index in [1.165, 1.54) is 13.5 Å². The van der Waals surface area contributed by atoms with Crippen LogP contribution < -0.4 is 16.5 Å². The van der Waals surface area contributed by atoms with Crippen LogP contribution in [0.5, 0.6) is 0 Å². The molecular weight excluding hydrogens is 853 g/mol. The van der Waals surface area contributed by atoms with Crippen molar-refractivity contribution >= 4 is 30.0 Å². The van der Waals surface area contributed by atoms with E-state index in [0.29, 0.717) is 65.1 Å². The van der Waals surface area contributed by atoms with Gasteiger partial charge in [0, 0.05) is 40.8 Å². The first-order valence-corrected chi connectivity index (χ1v) is 23.6. The number of likely N-dealkylation sites (tertiary alicyclic amines) is 1. The monoisotopic (exact) mass is 941 g/mol. The number of hydrogen-bond donors (Lipinski definition) is 4. The van der Waals surface area contributed by atoms with Crippen LogP contribution in [-0.4, -0.2) is 187 Å². The van der Waals surface area contributed by atoms with Gasteiger partial charge in [-0.1, -0.05) is 91.6 Å². The van der Waals surface area contributed by atoms with Crippen LogP contribution in [0.2, 0.25) is 0 Å². The van der Waals surface area contributed by atoms with Crippen LogP contribution in [0.25, 0.3) is 0 Å². The Labute approximate surface area is 396 Å². The minimum absolute atomic E-state index is 0.0560. The molecule has 0 saturated carbocycles. The number of hydrogen-bond acceptors (Lipinski definition) is 14. The Bertz CT molecular complexity index is 1450. The fourth-order valence-corrected chi connectivity index (χ4v) is 7.73. The molecule has 1 heterocycles. The number of amides is 3. The molecule has 1 aliphatic rings. The van der Waals surface area contributed by atoms with E-state index in [0.717, 1.165) is 31.2 Å². The van der Waals surface area contributed by atoms with Crippen LogP contribution in [0.4, 0.5) is 0 Å². The molecule has 1 aliphatic heterocycles. The van der Waals surface area contributed by atoms with Crippen LogP contribution in [0.1, 0.15) is 86.1 Å². The van der Waals surface area contributed by atoms with Gasteiger partial charge in [-0.25, -0.2) is 10.7 Å². The standard InChI is InChI=1S/C31H50N4O7.C14H30N2O5.C3H8/c1-8-20(2)28(34(5)27(37)19-32-4)25(41-6)18-26(36)35-16-12-15-24(35)29(42-7)21(3)30(38)33-23(31(39)40)17-22-13-10-9-11-14-22;1-13(2)14(12-17)16(3)4-5-18-6-7-19-8-9-20-10-11-21-15;1-3-2/h9-11,13-14,20-21,23-25,28-29,32H,8,12,15-19H2,1-7H3,(H,33,38)(H,39,40);12-14H,4-11,15H2,1-3H3;3H2,1-2H3. The molecule has 0 aliphatic carbocycles. The lowest BCUT2D eigenvalue weighted by atomic mass is 9.90. The lowest BCUT2D eigenvalue weighted by molar-refractivity contribution is -0.146. The molecule has 18 heteroatoms. The molecule has 0 radical (unpaired) electrons. The predicted octanol–water partition coefficient (Wildman–Crippen LogP) is 3.44. The first kappa shape index (κ1) is 62.4. The van der Waals surface area contributed by atoms with Gasteiger partial charge in [-0.15, -0.1) is 0 Å². The third-order valence-electron chi connectivity index (χ3n) is 11.5. The second kappa shape index (κ2) is 37.4. The number of nitrogens with zero attached hydrogens (tertiary/aromatic N) is 3. The van der Waals surface area contributed by atoms with E-state index in [1.54, 1.807) is 37.9 Å². The first-order valence-electron chi connectivity index (χ1n) is 23.6. The van der Waals surface area contributed by atoms with Gasteiger partial charge in [-0.05, 0) is 44.3 Å². The molecule has 382 valence electrons. The number of likely N-dealkylation sites (N-methyl/N-ethyl adjacent to an activating group) is 3. The molecule has 18 nitrogen and oxygen atoms in total. The van der Waals surface area contributed by atoms with Gasteiger partial charge in [0.15, 0.2) is 0 Å². The number of carboxylic acid groups (broad SMARTS) is 1. The number of benzene rings is 1. The van der Waals surface area contributed by atoms with Crippen molar-refractivity contribution in [2.45, 2.75) is 123 Å². The average molecular weight is 941 g/mol. The second-order valence-corrected chi connectivity index (χ2v) is 17.0. The van der Waals surface area contributed by atoms with Gasteiger partial charge in [0.05, 0.1) is 95.5 Å². The van der Waals surface area contributed by atoms with Crippen molar-refractivity contribution in [3.05, 3.63) is 35.9 Å². The van der Waals surface area contributed by atoms with Crippen molar-refractivity contribution in [1.29, 1.82) is 0 Å². The highest BCUT2D eigenvalue weighted by atomic mass is 16.6. The summed E-state index contributed by atoms with van der Waals surface area (Å²) in [6.45, 7) is 19.1. The van der Waals surface area contributed by atoms with E-state index >= 15 is 0 Å². The van der Waals surface area contributed by atoms with Crippen molar-refractivity contribution in [2.75, 3.05) is 101 Å². The van der Waals surface area contributed by atoms with Crippen LogP contribution >= 0.6 is 0 Å². The van der Waals surface area contributed by atoms with Gasteiger partial charge >= 0.3 is 5.97 Å². The molecule has 0 aromatic heterocycles. The third kappa shape index (κ3) is 23.9. The Kier molecular flexibility index (Phi) is 35.4. The minimum Gasteiger partial charge on any atom is -0.480 e. The van der Waals surface area contributed by atoms with E-state index in [-0.39, 0.29) is 55.2 Å². The summed E-state index contributed by atoms with van der Waals surface area (Å²) < 4.78 is 27.6. The molecule has 0 bridgehead atoms. The summed E-state index contributed by atoms with van der Waals surface area (Å²) in [6.07, 6.45) is 3.54. The molecule has 3 amide bonds. The number of aldehydes is 1. The largest absolute Gasteiger partial charge is 0.480 e. The molecule has 66 heavy (non-hydrogen) atoms. The Morgan fingerprint density at radius 3 is 1.97 bits per heavy atom. The number of aliphatic carboxylic acids is 1. The first-order chi connectivity index (χ1) is 31.5. The fourth-order valence-electron chi connectivity index (χ4n) is 7.73. The van der Waals surface area contributed by atoms with Crippen LogP contribution in [0.15, 0.2) is 30.3 Å². The molecule has 1 fully saturated rings. The molecule has 1 aromatic rings. The van der Waals surface area contributed by atoms with Gasteiger partial charge in [0.25, 0.3) is 0 Å². The van der Waals surface area contributed by atoms with Gasteiger partial charge in [0.1, 0.15) is 12.3 Å². The maximum Gasteiger partial charge on any atom is 0.326 e. The third-order valence-corrected chi connectivity index (χ3v) is 11.5. The van der Waals surface area contributed by atoms with Crippen molar-refractivity contribution in [2.24, 2.45) is 23.7 Å². The summed E-state index contributed by atoms with van der Waals surface area (Å²) in [6, 6.07) is 7.32. The van der Waals surface area contributed by atoms with Crippen molar-refractivity contribution < 1.29 is 57.6 Å². The van der Waals surface area contributed by atoms with Crippen LogP contribution in [0.3, 0.4) is 0 Å². The highest BCUT2D eigenvalue weighted by Gasteiger charge is 2.42. The van der Waals surface area contributed by atoms with Crippen LogP contribution in [-0.2, 0) is 58.9 Å². The zero-order chi connectivity index (χ0) is 50.0. The maximum atomic E-state index is 13.7. The second-order valence-electron chi connectivity index (χ2n) is 17.0. The Morgan fingerprint density at radius 2 is 1.48 bits per heavy atom. The zero-order valence-electron chi connectivity index (χ0n) is 42.3. The number of ether oxygens (including phenoxy) is 5. The average Bonchev–Trinajstić information content (AvgIpc) is 3.78. The molecule has 2 rings (SSSR count). The van der Waals surface area contributed by atoms with E-state index in [4.69, 9.17) is 29.6 Å². The molecule has 8 atom stereocenters. The summed E-state index contributed by atoms with van der Waals surface area (Å²) in [4.78, 5) is 72.4. The van der Waals surface area contributed by atoms with Crippen LogP contribution in [0, 0.1) is 17.8 Å². The number of carbonyl (C=O) groups excluding carboxylic acids is 4. The van der Waals surface area contributed by atoms with E-state index in [2.05, 4.69) is 29.3 Å². The highest BCUT2D eigenvalue weighted by molar-refractivity contribution is 5.85. The SMILES string of the molecule is CC(C)C(C=O)N(C)CCOCCOCCOCCON.CCC.CCC(C)C(C(CC(=O)N1CCCC1C(OC)C(C)C(=O)NC(Cc1ccccc1)C(=O)O)OC)N(C)C(=O)CNC.